The van der Waals surface area contributed by atoms with Crippen LogP contribution in [0.5, 0.6) is 0 Å². The van der Waals surface area contributed by atoms with E-state index in [-0.39, 0.29) is 5.84 Å². The number of hydrogen-bond donors (Lipinski definition) is 3. The van der Waals surface area contributed by atoms with Crippen LogP contribution in [0.25, 0.3) is 0 Å². The summed E-state index contributed by atoms with van der Waals surface area (Å²) in [4.78, 5) is 0. The molecule has 4 heteroatoms. The Hall–Kier alpha value is -0.770. The lowest BCUT2D eigenvalue weighted by molar-refractivity contribution is 0.212. The van der Waals surface area contributed by atoms with Crippen LogP contribution >= 0.6 is 0 Å². The minimum atomic E-state index is 0.260. The van der Waals surface area contributed by atoms with E-state index in [4.69, 9.17) is 10.9 Å². The van der Waals surface area contributed by atoms with Gasteiger partial charge in [-0.2, -0.15) is 0 Å². The molecule has 0 spiro atoms. The molecule has 4 nitrogen and oxygen atoms in total. The topological polar surface area (TPSA) is 70.6 Å². The molecule has 82 valence electrons. The van der Waals surface area contributed by atoms with Crippen molar-refractivity contribution in [3.63, 3.8) is 0 Å². The summed E-state index contributed by atoms with van der Waals surface area (Å²) >= 11 is 0. The zero-order valence-corrected chi connectivity index (χ0v) is 9.03. The number of nitrogens with two attached hydrogens (primary N) is 1. The van der Waals surface area contributed by atoms with Gasteiger partial charge in [-0.3, -0.25) is 0 Å². The molecule has 0 amide bonds. The summed E-state index contributed by atoms with van der Waals surface area (Å²) in [6, 6.07) is 0.513. The molecule has 4 N–H and O–H groups in total. The number of nitrogens with one attached hydrogen (secondary N) is 1. The Morgan fingerprint density at radius 3 is 2.86 bits per heavy atom. The van der Waals surface area contributed by atoms with Crippen LogP contribution in [0.3, 0.4) is 0 Å². The first-order valence-electron chi connectivity index (χ1n) is 5.35. The van der Waals surface area contributed by atoms with Crippen molar-refractivity contribution in [3.05, 3.63) is 0 Å². The zero-order valence-electron chi connectivity index (χ0n) is 9.03. The highest BCUT2D eigenvalue weighted by molar-refractivity contribution is 5.81. The summed E-state index contributed by atoms with van der Waals surface area (Å²) < 4.78 is 0. The fourth-order valence-corrected chi connectivity index (χ4v) is 2.14. The molecule has 0 aromatic heterocycles. The van der Waals surface area contributed by atoms with Gasteiger partial charge in [0.2, 0.25) is 0 Å². The highest BCUT2D eigenvalue weighted by Gasteiger charge is 2.26. The second-order valence-corrected chi connectivity index (χ2v) is 4.35. The summed E-state index contributed by atoms with van der Waals surface area (Å²) in [6.45, 7) is 5.05. The summed E-state index contributed by atoms with van der Waals surface area (Å²) in [5, 5.41) is 14.7. The fraction of sp³-hybridized carbons (Fsp3) is 0.900. The first-order chi connectivity index (χ1) is 6.65. The first-order valence-corrected chi connectivity index (χ1v) is 5.35. The number of nitrogens with zero attached hydrogens (tertiary/aromatic N) is 1. The molecule has 0 bridgehead atoms. The maximum atomic E-state index is 8.41. The monoisotopic (exact) mass is 199 g/mol. The Morgan fingerprint density at radius 2 is 2.21 bits per heavy atom. The van der Waals surface area contributed by atoms with Gasteiger partial charge in [0.05, 0.1) is 6.54 Å². The summed E-state index contributed by atoms with van der Waals surface area (Å²) in [7, 11) is 0. The lowest BCUT2D eigenvalue weighted by Crippen LogP contribution is -2.44. The van der Waals surface area contributed by atoms with E-state index in [0.29, 0.717) is 18.5 Å². The zero-order chi connectivity index (χ0) is 10.6. The first kappa shape index (κ1) is 11.3. The number of oxime groups is 1. The second kappa shape index (κ2) is 5.20. The molecule has 1 rings (SSSR count). The van der Waals surface area contributed by atoms with Gasteiger partial charge >= 0.3 is 0 Å². The van der Waals surface area contributed by atoms with Crippen LogP contribution < -0.4 is 11.1 Å². The Labute approximate surface area is 85.6 Å². The van der Waals surface area contributed by atoms with Crippen LogP contribution in [0.15, 0.2) is 5.16 Å². The minimum Gasteiger partial charge on any atom is -0.409 e. The van der Waals surface area contributed by atoms with Crippen molar-refractivity contribution < 1.29 is 5.21 Å². The Balaban J connectivity index is 2.36. The van der Waals surface area contributed by atoms with E-state index in [0.717, 1.165) is 5.92 Å². The number of hydrogen-bond acceptors (Lipinski definition) is 3. The van der Waals surface area contributed by atoms with Crippen molar-refractivity contribution in [1.29, 1.82) is 0 Å². The molecule has 0 aliphatic heterocycles. The molecule has 0 aromatic rings. The molecule has 0 heterocycles. The van der Waals surface area contributed by atoms with E-state index in [9.17, 15) is 0 Å². The van der Waals surface area contributed by atoms with E-state index in [1.54, 1.807) is 0 Å². The van der Waals surface area contributed by atoms with E-state index in [1.165, 1.54) is 19.3 Å². The quantitative estimate of drug-likeness (QED) is 0.276. The third-order valence-corrected chi connectivity index (χ3v) is 3.38. The smallest absolute Gasteiger partial charge is 0.153 e. The SMILES string of the molecule is CC1CCCC(NC/C(N)=N/O)C1C. The van der Waals surface area contributed by atoms with Crippen molar-refractivity contribution >= 4 is 5.84 Å². The normalized spacial score (nSPS) is 34.4. The van der Waals surface area contributed by atoms with E-state index < -0.39 is 0 Å². The second-order valence-electron chi connectivity index (χ2n) is 4.35. The highest BCUT2D eigenvalue weighted by Crippen LogP contribution is 2.29. The van der Waals surface area contributed by atoms with Crippen LogP contribution in [0.4, 0.5) is 0 Å². The molecule has 1 saturated carbocycles. The molecule has 1 aliphatic carbocycles. The van der Waals surface area contributed by atoms with Crippen molar-refractivity contribution in [2.45, 2.75) is 39.2 Å². The fourth-order valence-electron chi connectivity index (χ4n) is 2.14. The van der Waals surface area contributed by atoms with Gasteiger partial charge in [0.1, 0.15) is 0 Å². The summed E-state index contributed by atoms with van der Waals surface area (Å²) in [5.74, 6) is 1.71. The van der Waals surface area contributed by atoms with Crippen molar-refractivity contribution in [2.24, 2.45) is 22.7 Å². The molecule has 14 heavy (non-hydrogen) atoms. The summed E-state index contributed by atoms with van der Waals surface area (Å²) in [6.07, 6.45) is 3.80. The van der Waals surface area contributed by atoms with Crippen molar-refractivity contribution in [2.75, 3.05) is 6.54 Å². The maximum absolute atomic E-state index is 8.41. The average Bonchev–Trinajstić information content (AvgIpc) is 2.20. The number of amidine groups is 1. The van der Waals surface area contributed by atoms with Gasteiger partial charge < -0.3 is 16.3 Å². The van der Waals surface area contributed by atoms with Gasteiger partial charge in [-0.15, -0.1) is 0 Å². The molecule has 1 aliphatic rings. The Bertz CT molecular complexity index is 206. The van der Waals surface area contributed by atoms with Crippen LogP contribution in [0.2, 0.25) is 0 Å². The largest absolute Gasteiger partial charge is 0.409 e. The van der Waals surface area contributed by atoms with E-state index in [1.807, 2.05) is 0 Å². The van der Waals surface area contributed by atoms with E-state index in [2.05, 4.69) is 24.3 Å². The van der Waals surface area contributed by atoms with Gasteiger partial charge in [-0.1, -0.05) is 31.8 Å². The van der Waals surface area contributed by atoms with Gasteiger partial charge in [0, 0.05) is 6.04 Å². The Morgan fingerprint density at radius 1 is 1.50 bits per heavy atom. The molecule has 0 aromatic carbocycles. The van der Waals surface area contributed by atoms with Crippen LogP contribution in [-0.2, 0) is 0 Å². The summed E-state index contributed by atoms with van der Waals surface area (Å²) in [5.41, 5.74) is 5.41. The molecule has 0 radical (unpaired) electrons. The molecule has 1 fully saturated rings. The van der Waals surface area contributed by atoms with Gasteiger partial charge in [0.15, 0.2) is 5.84 Å². The highest BCUT2D eigenvalue weighted by atomic mass is 16.4. The molecular weight excluding hydrogens is 178 g/mol. The predicted molar refractivity (Wildman–Crippen MR) is 57.4 cm³/mol. The third-order valence-electron chi connectivity index (χ3n) is 3.38. The Kier molecular flexibility index (Phi) is 4.20. The standard InChI is InChI=1S/C10H21N3O/c1-7-4-3-5-9(8(7)2)12-6-10(11)13-14/h7-9,12,14H,3-6H2,1-2H3,(H2,11,13). The molecule has 3 unspecified atom stereocenters. The number of rotatable bonds is 3. The predicted octanol–water partition coefficient (Wildman–Crippen LogP) is 1.15. The van der Waals surface area contributed by atoms with Crippen molar-refractivity contribution in [1.82, 2.24) is 5.32 Å². The van der Waals surface area contributed by atoms with Crippen LogP contribution in [0.1, 0.15) is 33.1 Å². The molecule has 0 saturated heterocycles. The van der Waals surface area contributed by atoms with E-state index >= 15 is 0 Å². The molecule has 3 atom stereocenters. The maximum Gasteiger partial charge on any atom is 0.153 e. The third kappa shape index (κ3) is 2.87. The lowest BCUT2D eigenvalue weighted by atomic mass is 9.78. The minimum absolute atomic E-state index is 0.260. The van der Waals surface area contributed by atoms with Gasteiger partial charge in [-0.25, -0.2) is 0 Å². The average molecular weight is 199 g/mol. The van der Waals surface area contributed by atoms with Crippen LogP contribution in [-0.4, -0.2) is 23.6 Å². The van der Waals surface area contributed by atoms with Crippen LogP contribution in [0, 0.1) is 11.8 Å². The van der Waals surface area contributed by atoms with Gasteiger partial charge in [-0.05, 0) is 18.3 Å². The molecular formula is C10H21N3O. The van der Waals surface area contributed by atoms with Gasteiger partial charge in [0.25, 0.3) is 0 Å². The lowest BCUT2D eigenvalue weighted by Gasteiger charge is -2.34. The van der Waals surface area contributed by atoms with Crippen molar-refractivity contribution in [3.8, 4) is 0 Å².